The Labute approximate surface area is 116 Å². The summed E-state index contributed by atoms with van der Waals surface area (Å²) in [7, 11) is 1.60. The van der Waals surface area contributed by atoms with E-state index in [0.29, 0.717) is 17.0 Å². The second-order valence-electron chi connectivity index (χ2n) is 4.40. The predicted octanol–water partition coefficient (Wildman–Crippen LogP) is 3.57. The van der Waals surface area contributed by atoms with Crippen LogP contribution in [0.2, 0.25) is 0 Å². The average Bonchev–Trinajstić information content (AvgIpc) is 2.92. The Hall–Kier alpha value is -2.80. The zero-order valence-corrected chi connectivity index (χ0v) is 11.0. The van der Waals surface area contributed by atoms with Crippen LogP contribution < -0.4 is 4.74 Å². The fourth-order valence-electron chi connectivity index (χ4n) is 2.22. The van der Waals surface area contributed by atoms with Crippen LogP contribution in [-0.4, -0.2) is 12.3 Å². The fourth-order valence-corrected chi connectivity index (χ4v) is 2.22. The molecule has 1 aromatic heterocycles. The summed E-state index contributed by atoms with van der Waals surface area (Å²) in [6.07, 6.45) is 0.272. The van der Waals surface area contributed by atoms with E-state index in [1.807, 2.05) is 42.5 Å². The number of hydrogen-bond donors (Lipinski definition) is 0. The van der Waals surface area contributed by atoms with Crippen molar-refractivity contribution in [3.63, 3.8) is 0 Å². The quantitative estimate of drug-likeness (QED) is 0.725. The number of aromatic nitrogens is 1. The lowest BCUT2D eigenvalue weighted by atomic mass is 10.0. The molecule has 0 saturated carbocycles. The summed E-state index contributed by atoms with van der Waals surface area (Å²) in [5.41, 5.74) is 2.48. The Morgan fingerprint density at radius 1 is 1.25 bits per heavy atom. The highest BCUT2D eigenvalue weighted by atomic mass is 16.5. The minimum atomic E-state index is 0.272. The first-order valence-corrected chi connectivity index (χ1v) is 6.22. The molecule has 0 unspecified atom stereocenters. The van der Waals surface area contributed by atoms with Crippen molar-refractivity contribution in [2.24, 2.45) is 0 Å². The lowest BCUT2D eigenvalue weighted by molar-refractivity contribution is 0.415. The van der Waals surface area contributed by atoms with Crippen LogP contribution in [-0.2, 0) is 6.42 Å². The van der Waals surface area contributed by atoms with Gasteiger partial charge in [0.25, 0.3) is 0 Å². The van der Waals surface area contributed by atoms with Crippen molar-refractivity contribution >= 4 is 10.9 Å². The number of benzene rings is 2. The molecular weight excluding hydrogens is 252 g/mol. The Morgan fingerprint density at radius 3 is 2.75 bits per heavy atom. The van der Waals surface area contributed by atoms with Crippen molar-refractivity contribution in [2.75, 3.05) is 7.11 Å². The van der Waals surface area contributed by atoms with Gasteiger partial charge in [0.2, 0.25) is 0 Å². The normalized spacial score (nSPS) is 10.4. The largest absolute Gasteiger partial charge is 0.497 e. The number of fused-ring (bicyclic) bond motifs is 1. The second kappa shape index (κ2) is 5.06. The molecule has 0 saturated heterocycles. The van der Waals surface area contributed by atoms with Crippen molar-refractivity contribution in [2.45, 2.75) is 6.42 Å². The molecule has 0 bridgehead atoms. The van der Waals surface area contributed by atoms with Crippen LogP contribution in [0.3, 0.4) is 0 Å². The molecule has 0 N–H and O–H groups in total. The van der Waals surface area contributed by atoms with Gasteiger partial charge in [0, 0.05) is 5.56 Å². The third-order valence-corrected chi connectivity index (χ3v) is 3.18. The molecule has 0 amide bonds. The number of nitrogens with zero attached hydrogens (tertiary/aromatic N) is 2. The molecule has 3 rings (SSSR count). The summed E-state index contributed by atoms with van der Waals surface area (Å²) >= 11 is 0. The Balaban J connectivity index is 2.26. The number of nitriles is 1. The molecular formula is C16H12N2O2. The van der Waals surface area contributed by atoms with Gasteiger partial charge in [-0.15, -0.1) is 0 Å². The molecule has 1 heterocycles. The molecule has 98 valence electrons. The maximum atomic E-state index is 8.92. The van der Waals surface area contributed by atoms with E-state index < -0.39 is 0 Å². The van der Waals surface area contributed by atoms with E-state index >= 15 is 0 Å². The summed E-state index contributed by atoms with van der Waals surface area (Å²) in [5, 5.41) is 13.9. The van der Waals surface area contributed by atoms with E-state index in [0.717, 1.165) is 16.5 Å². The SMILES string of the molecule is COc1cc(CC#N)c2noc(-c3ccccc3)c2c1. The Kier molecular flexibility index (Phi) is 3.10. The van der Waals surface area contributed by atoms with Crippen molar-refractivity contribution in [1.29, 1.82) is 5.26 Å². The third-order valence-electron chi connectivity index (χ3n) is 3.18. The van der Waals surface area contributed by atoms with Gasteiger partial charge in [-0.25, -0.2) is 0 Å². The summed E-state index contributed by atoms with van der Waals surface area (Å²) in [6.45, 7) is 0. The van der Waals surface area contributed by atoms with E-state index in [4.69, 9.17) is 14.5 Å². The average molecular weight is 264 g/mol. The van der Waals surface area contributed by atoms with Crippen LogP contribution in [0.25, 0.3) is 22.2 Å². The first kappa shape index (κ1) is 12.2. The molecule has 0 aliphatic heterocycles. The van der Waals surface area contributed by atoms with E-state index in [2.05, 4.69) is 11.2 Å². The molecule has 0 aliphatic rings. The number of ether oxygens (including phenoxy) is 1. The first-order chi connectivity index (χ1) is 9.83. The van der Waals surface area contributed by atoms with Crippen molar-refractivity contribution in [3.05, 3.63) is 48.0 Å². The van der Waals surface area contributed by atoms with Crippen LogP contribution in [0.5, 0.6) is 5.75 Å². The first-order valence-electron chi connectivity index (χ1n) is 6.22. The summed E-state index contributed by atoms with van der Waals surface area (Å²) in [5.74, 6) is 1.39. The zero-order valence-electron chi connectivity index (χ0n) is 11.0. The summed E-state index contributed by atoms with van der Waals surface area (Å²) in [4.78, 5) is 0. The van der Waals surface area contributed by atoms with Crippen LogP contribution >= 0.6 is 0 Å². The van der Waals surface area contributed by atoms with E-state index in [1.54, 1.807) is 7.11 Å². The minimum Gasteiger partial charge on any atom is -0.497 e. The van der Waals surface area contributed by atoms with Crippen LogP contribution in [0.1, 0.15) is 5.56 Å². The van der Waals surface area contributed by atoms with Gasteiger partial charge in [-0.2, -0.15) is 5.26 Å². The fraction of sp³-hybridized carbons (Fsp3) is 0.125. The van der Waals surface area contributed by atoms with Gasteiger partial charge >= 0.3 is 0 Å². The number of methoxy groups -OCH3 is 1. The molecule has 2 aromatic carbocycles. The summed E-state index contributed by atoms with van der Waals surface area (Å²) < 4.78 is 10.8. The lowest BCUT2D eigenvalue weighted by Gasteiger charge is -2.03. The van der Waals surface area contributed by atoms with Gasteiger partial charge in [-0.1, -0.05) is 35.5 Å². The maximum absolute atomic E-state index is 8.92. The maximum Gasteiger partial charge on any atom is 0.174 e. The minimum absolute atomic E-state index is 0.272. The molecule has 4 heteroatoms. The molecule has 0 fully saturated rings. The molecule has 4 nitrogen and oxygen atoms in total. The van der Waals surface area contributed by atoms with Crippen LogP contribution in [0, 0.1) is 11.3 Å². The van der Waals surface area contributed by atoms with Crippen molar-refractivity contribution < 1.29 is 9.26 Å². The highest BCUT2D eigenvalue weighted by Crippen LogP contribution is 2.33. The second-order valence-corrected chi connectivity index (χ2v) is 4.40. The van der Waals surface area contributed by atoms with Gasteiger partial charge in [0.05, 0.1) is 25.0 Å². The summed E-state index contributed by atoms with van der Waals surface area (Å²) in [6, 6.07) is 15.6. The van der Waals surface area contributed by atoms with Gasteiger partial charge in [-0.05, 0) is 17.7 Å². The van der Waals surface area contributed by atoms with Crippen molar-refractivity contribution in [3.8, 4) is 23.1 Å². The number of hydrogen-bond acceptors (Lipinski definition) is 4. The van der Waals surface area contributed by atoms with Gasteiger partial charge in [0.1, 0.15) is 11.3 Å². The number of rotatable bonds is 3. The van der Waals surface area contributed by atoms with E-state index in [1.165, 1.54) is 0 Å². The molecule has 0 aliphatic carbocycles. The monoisotopic (exact) mass is 264 g/mol. The topological polar surface area (TPSA) is 59.0 Å². The van der Waals surface area contributed by atoms with Crippen molar-refractivity contribution in [1.82, 2.24) is 5.16 Å². The Bertz CT molecular complexity index is 785. The Morgan fingerprint density at radius 2 is 2.05 bits per heavy atom. The van der Waals surface area contributed by atoms with E-state index in [9.17, 15) is 0 Å². The molecule has 0 spiro atoms. The molecule has 3 aromatic rings. The lowest BCUT2D eigenvalue weighted by Crippen LogP contribution is -1.89. The van der Waals surface area contributed by atoms with Crippen LogP contribution in [0.4, 0.5) is 0 Å². The van der Waals surface area contributed by atoms with Gasteiger partial charge in [0.15, 0.2) is 5.76 Å². The third kappa shape index (κ3) is 1.99. The smallest absolute Gasteiger partial charge is 0.174 e. The molecule has 0 atom stereocenters. The molecule has 20 heavy (non-hydrogen) atoms. The van der Waals surface area contributed by atoms with Gasteiger partial charge in [-0.3, -0.25) is 0 Å². The highest BCUT2D eigenvalue weighted by molar-refractivity contribution is 5.94. The van der Waals surface area contributed by atoms with E-state index in [-0.39, 0.29) is 6.42 Å². The predicted molar refractivity (Wildman–Crippen MR) is 75.3 cm³/mol. The zero-order chi connectivity index (χ0) is 13.9. The highest BCUT2D eigenvalue weighted by Gasteiger charge is 2.15. The molecule has 0 radical (unpaired) electrons. The standard InChI is InChI=1S/C16H12N2O2/c1-19-13-9-12(7-8-17)15-14(10-13)16(20-18-15)11-5-3-2-4-6-11/h2-6,9-10H,7H2,1H3. The van der Waals surface area contributed by atoms with Gasteiger partial charge < -0.3 is 9.26 Å². The van der Waals surface area contributed by atoms with Crippen LogP contribution in [0.15, 0.2) is 47.0 Å².